The van der Waals surface area contributed by atoms with Gasteiger partial charge in [-0.15, -0.1) is 0 Å². The van der Waals surface area contributed by atoms with Crippen LogP contribution in [0.25, 0.3) is 0 Å². The highest BCUT2D eigenvalue weighted by atomic mass is 16.2. The highest BCUT2D eigenvalue weighted by Crippen LogP contribution is 2.29. The normalized spacial score (nSPS) is 21.1. The third-order valence-corrected chi connectivity index (χ3v) is 6.87. The Morgan fingerprint density at radius 2 is 1.97 bits per heavy atom. The molecule has 1 heterocycles. The average Bonchev–Trinajstić information content (AvgIpc) is 2.99. The van der Waals surface area contributed by atoms with Crippen molar-refractivity contribution >= 4 is 5.91 Å². The topological polar surface area (TPSA) is 38.1 Å². The van der Waals surface area contributed by atoms with E-state index in [-0.39, 0.29) is 5.92 Å². The summed E-state index contributed by atoms with van der Waals surface area (Å²) in [6, 6.07) is 8.61. The summed E-state index contributed by atoms with van der Waals surface area (Å²) in [5.74, 6) is 0.995. The van der Waals surface area contributed by atoms with Gasteiger partial charge in [0.2, 0.25) is 5.91 Å². The second kappa shape index (κ2) is 8.56. The van der Waals surface area contributed by atoms with Gasteiger partial charge >= 0.3 is 0 Å². The lowest BCUT2D eigenvalue weighted by atomic mass is 9.83. The lowest BCUT2D eigenvalue weighted by Gasteiger charge is -2.33. The maximum atomic E-state index is 13.7. The number of carbonyl (C=O) groups is 1. The molecule has 1 aromatic carbocycles. The Morgan fingerprint density at radius 3 is 2.66 bits per heavy atom. The molecule has 2 atom stereocenters. The van der Waals surface area contributed by atoms with Crippen LogP contribution in [-0.4, -0.2) is 27.1 Å². The Kier molecular flexibility index (Phi) is 5.89. The van der Waals surface area contributed by atoms with Gasteiger partial charge in [-0.2, -0.15) is 5.10 Å². The van der Waals surface area contributed by atoms with Crippen molar-refractivity contribution in [1.82, 2.24) is 14.7 Å². The van der Waals surface area contributed by atoms with Crippen LogP contribution in [0.4, 0.5) is 0 Å². The molecule has 0 fully saturated rings. The molecule has 4 heteroatoms. The fourth-order valence-corrected chi connectivity index (χ4v) is 4.97. The molecule has 0 bridgehead atoms. The first-order chi connectivity index (χ1) is 14.0. The fraction of sp³-hybridized carbons (Fsp3) is 0.520. The fourth-order valence-electron chi connectivity index (χ4n) is 4.97. The Morgan fingerprint density at radius 1 is 1.17 bits per heavy atom. The molecule has 154 valence electrons. The summed E-state index contributed by atoms with van der Waals surface area (Å²) in [5, 5.41) is 4.58. The molecule has 29 heavy (non-hydrogen) atoms. The van der Waals surface area contributed by atoms with Crippen molar-refractivity contribution in [1.29, 1.82) is 0 Å². The van der Waals surface area contributed by atoms with Crippen LogP contribution in [0.5, 0.6) is 0 Å². The first-order valence-corrected chi connectivity index (χ1v) is 11.0. The van der Waals surface area contributed by atoms with Gasteiger partial charge in [0.05, 0.1) is 5.69 Å². The first-order valence-electron chi connectivity index (χ1n) is 11.0. The van der Waals surface area contributed by atoms with Gasteiger partial charge in [-0.05, 0) is 69.4 Å². The third kappa shape index (κ3) is 4.31. The summed E-state index contributed by atoms with van der Waals surface area (Å²) in [4.78, 5) is 15.8. The molecule has 2 aliphatic carbocycles. The zero-order valence-corrected chi connectivity index (χ0v) is 18.0. The van der Waals surface area contributed by atoms with Crippen molar-refractivity contribution in [3.05, 3.63) is 64.5 Å². The van der Waals surface area contributed by atoms with Gasteiger partial charge in [0, 0.05) is 37.3 Å². The molecule has 2 aliphatic rings. The van der Waals surface area contributed by atoms with Crippen molar-refractivity contribution in [2.45, 2.75) is 58.9 Å². The van der Waals surface area contributed by atoms with E-state index in [0.717, 1.165) is 50.0 Å². The second-order valence-corrected chi connectivity index (χ2v) is 8.85. The van der Waals surface area contributed by atoms with Gasteiger partial charge in [-0.1, -0.05) is 36.4 Å². The molecule has 0 radical (unpaired) electrons. The van der Waals surface area contributed by atoms with E-state index in [4.69, 9.17) is 0 Å². The van der Waals surface area contributed by atoms with Gasteiger partial charge in [0.15, 0.2) is 0 Å². The molecule has 1 amide bonds. The number of hydrogen-bond donors (Lipinski definition) is 0. The third-order valence-electron chi connectivity index (χ3n) is 6.87. The number of benzene rings is 1. The molecule has 2 aromatic rings. The van der Waals surface area contributed by atoms with Gasteiger partial charge in [0.25, 0.3) is 0 Å². The Bertz CT molecular complexity index is 911. The smallest absolute Gasteiger partial charge is 0.226 e. The molecule has 0 saturated carbocycles. The average molecular weight is 392 g/mol. The van der Waals surface area contributed by atoms with Crippen LogP contribution in [0.3, 0.4) is 0 Å². The SMILES string of the molecule is Cc1nn(C)c(C)c1CN(C[C@@H]1CC=CCC1)C(=O)[C@@H]1CCc2ccccc2C1. The monoisotopic (exact) mass is 391 g/mol. The van der Waals surface area contributed by atoms with Crippen molar-refractivity contribution in [2.75, 3.05) is 6.54 Å². The molecule has 4 rings (SSSR count). The summed E-state index contributed by atoms with van der Waals surface area (Å²) < 4.78 is 1.94. The molecule has 0 N–H and O–H groups in total. The minimum atomic E-state index is 0.0984. The lowest BCUT2D eigenvalue weighted by Crippen LogP contribution is -2.41. The van der Waals surface area contributed by atoms with Crippen LogP contribution in [0, 0.1) is 25.7 Å². The summed E-state index contributed by atoms with van der Waals surface area (Å²) in [5.41, 5.74) is 6.19. The molecule has 1 aromatic heterocycles. The van der Waals surface area contributed by atoms with Gasteiger partial charge in [-0.25, -0.2) is 0 Å². The molecule has 0 spiro atoms. The van der Waals surface area contributed by atoms with E-state index in [1.807, 2.05) is 11.7 Å². The van der Waals surface area contributed by atoms with Crippen LogP contribution >= 0.6 is 0 Å². The van der Waals surface area contributed by atoms with Crippen LogP contribution in [0.2, 0.25) is 0 Å². The van der Waals surface area contributed by atoms with E-state index in [0.29, 0.717) is 18.4 Å². The van der Waals surface area contributed by atoms with Crippen molar-refractivity contribution < 1.29 is 4.79 Å². The summed E-state index contributed by atoms with van der Waals surface area (Å²) in [6.45, 7) is 5.71. The quantitative estimate of drug-likeness (QED) is 0.703. The number of rotatable bonds is 5. The van der Waals surface area contributed by atoms with Crippen LogP contribution < -0.4 is 0 Å². The molecule has 0 aliphatic heterocycles. The largest absolute Gasteiger partial charge is 0.338 e. The second-order valence-electron chi connectivity index (χ2n) is 8.85. The summed E-state index contributed by atoms with van der Waals surface area (Å²) in [6.07, 6.45) is 10.8. The number of amides is 1. The van der Waals surface area contributed by atoms with E-state index in [1.54, 1.807) is 0 Å². The summed E-state index contributed by atoms with van der Waals surface area (Å²) in [7, 11) is 1.99. The highest BCUT2D eigenvalue weighted by Gasteiger charge is 2.30. The Balaban J connectivity index is 1.55. The predicted molar refractivity (Wildman–Crippen MR) is 117 cm³/mol. The highest BCUT2D eigenvalue weighted by molar-refractivity contribution is 5.79. The van der Waals surface area contributed by atoms with Crippen LogP contribution in [0.15, 0.2) is 36.4 Å². The summed E-state index contributed by atoms with van der Waals surface area (Å²) >= 11 is 0. The number of aromatic nitrogens is 2. The number of nitrogens with zero attached hydrogens (tertiary/aromatic N) is 3. The molecule has 4 nitrogen and oxygen atoms in total. The van der Waals surface area contributed by atoms with Gasteiger partial charge < -0.3 is 4.90 Å². The van der Waals surface area contributed by atoms with E-state index >= 15 is 0 Å². The molecular formula is C25H33N3O. The Labute approximate surface area is 174 Å². The number of hydrogen-bond acceptors (Lipinski definition) is 2. The van der Waals surface area contributed by atoms with Crippen molar-refractivity contribution in [3.63, 3.8) is 0 Å². The first kappa shape index (κ1) is 19.9. The van der Waals surface area contributed by atoms with Gasteiger partial charge in [-0.3, -0.25) is 9.48 Å². The predicted octanol–water partition coefficient (Wildman–Crippen LogP) is 4.53. The number of allylic oxidation sites excluding steroid dienone is 2. The van der Waals surface area contributed by atoms with E-state index in [9.17, 15) is 4.79 Å². The number of fused-ring (bicyclic) bond motifs is 1. The zero-order chi connectivity index (χ0) is 20.4. The standard InChI is InChI=1S/C25H33N3O/c1-18-24(19(2)27(3)26-18)17-28(16-20-9-5-4-6-10-20)25(29)23-14-13-21-11-7-8-12-22(21)15-23/h4-5,7-8,11-12,20,23H,6,9-10,13-17H2,1-3H3/t20-,23-/m1/s1. The van der Waals surface area contributed by atoms with Crippen molar-refractivity contribution in [3.8, 4) is 0 Å². The maximum Gasteiger partial charge on any atom is 0.226 e. The minimum absolute atomic E-state index is 0.0984. The number of carbonyl (C=O) groups excluding carboxylic acids is 1. The molecular weight excluding hydrogens is 358 g/mol. The van der Waals surface area contributed by atoms with E-state index < -0.39 is 0 Å². The lowest BCUT2D eigenvalue weighted by molar-refractivity contribution is -0.137. The van der Waals surface area contributed by atoms with E-state index in [1.165, 1.54) is 23.1 Å². The van der Waals surface area contributed by atoms with Crippen molar-refractivity contribution in [2.24, 2.45) is 18.9 Å². The van der Waals surface area contributed by atoms with Crippen LogP contribution in [0.1, 0.15) is 53.8 Å². The molecule has 0 unspecified atom stereocenters. The maximum absolute atomic E-state index is 13.7. The van der Waals surface area contributed by atoms with Crippen LogP contribution in [-0.2, 0) is 31.2 Å². The van der Waals surface area contributed by atoms with Gasteiger partial charge in [0.1, 0.15) is 0 Å². The Hall–Kier alpha value is -2.36. The van der Waals surface area contributed by atoms with E-state index in [2.05, 4.69) is 60.3 Å². The number of aryl methyl sites for hydroxylation is 3. The molecule has 0 saturated heterocycles. The zero-order valence-electron chi connectivity index (χ0n) is 18.0. The minimum Gasteiger partial charge on any atom is -0.338 e.